The van der Waals surface area contributed by atoms with Crippen molar-refractivity contribution in [3.63, 3.8) is 0 Å². The third kappa shape index (κ3) is 5.71. The molecule has 2 rings (SSSR count). The maximum Gasteiger partial charge on any atom is 0.242 e. The van der Waals surface area contributed by atoms with Gasteiger partial charge in [-0.3, -0.25) is 9.59 Å². The van der Waals surface area contributed by atoms with Crippen molar-refractivity contribution < 1.29 is 9.59 Å². The van der Waals surface area contributed by atoms with Gasteiger partial charge in [0.05, 0.1) is 0 Å². The summed E-state index contributed by atoms with van der Waals surface area (Å²) in [5.74, 6) is -0.187. The molecule has 132 valence electrons. The number of hydrogen-bond acceptors (Lipinski definition) is 2. The third-order valence-corrected chi connectivity index (χ3v) is 4.68. The first-order valence-electron chi connectivity index (χ1n) is 8.30. The lowest BCUT2D eigenvalue weighted by atomic mass is 10.1. The summed E-state index contributed by atoms with van der Waals surface area (Å²) in [5.41, 5.74) is 2.11. The third-order valence-electron chi connectivity index (χ3n) is 4.15. The lowest BCUT2D eigenvalue weighted by molar-refractivity contribution is -0.140. The number of nitrogens with one attached hydrogen (secondary N) is 1. The number of benzene rings is 2. The number of hydrogen-bond donors (Lipinski definition) is 1. The summed E-state index contributed by atoms with van der Waals surface area (Å²) >= 11 is 3.41. The van der Waals surface area contributed by atoms with E-state index in [0.29, 0.717) is 19.4 Å². The minimum atomic E-state index is -0.517. The van der Waals surface area contributed by atoms with Crippen molar-refractivity contribution in [3.8, 4) is 0 Å². The predicted octanol–water partition coefficient (Wildman–Crippen LogP) is 3.55. The van der Waals surface area contributed by atoms with Gasteiger partial charge in [-0.1, -0.05) is 58.4 Å². The zero-order chi connectivity index (χ0) is 18.2. The fraction of sp³-hybridized carbons (Fsp3) is 0.300. The van der Waals surface area contributed by atoms with Crippen LogP contribution in [-0.2, 0) is 22.6 Å². The van der Waals surface area contributed by atoms with Crippen LogP contribution in [0.2, 0.25) is 0 Å². The van der Waals surface area contributed by atoms with E-state index in [1.165, 1.54) is 0 Å². The van der Waals surface area contributed by atoms with Gasteiger partial charge in [0, 0.05) is 24.5 Å². The molecule has 0 aliphatic rings. The molecule has 4 nitrogen and oxygen atoms in total. The Morgan fingerprint density at radius 2 is 1.68 bits per heavy atom. The number of halogens is 1. The summed E-state index contributed by atoms with van der Waals surface area (Å²) in [6.07, 6.45) is 1.04. The number of carbonyl (C=O) groups is 2. The quantitative estimate of drug-likeness (QED) is 0.769. The van der Waals surface area contributed by atoms with Gasteiger partial charge in [0.25, 0.3) is 0 Å². The Bertz CT molecular complexity index is 701. The van der Waals surface area contributed by atoms with E-state index < -0.39 is 6.04 Å². The zero-order valence-electron chi connectivity index (χ0n) is 14.5. The molecule has 0 aliphatic carbocycles. The van der Waals surface area contributed by atoms with Crippen LogP contribution in [0.25, 0.3) is 0 Å². The minimum absolute atomic E-state index is 0.0251. The molecule has 0 aliphatic heterocycles. The number of carbonyl (C=O) groups excluding carboxylic acids is 2. The Morgan fingerprint density at radius 1 is 1.04 bits per heavy atom. The molecular weight excluding hydrogens is 380 g/mol. The molecule has 0 saturated carbocycles. The van der Waals surface area contributed by atoms with Gasteiger partial charge in [0.2, 0.25) is 11.8 Å². The van der Waals surface area contributed by atoms with E-state index in [9.17, 15) is 9.59 Å². The Hall–Kier alpha value is -2.14. The average Bonchev–Trinajstić information content (AvgIpc) is 2.65. The van der Waals surface area contributed by atoms with E-state index >= 15 is 0 Å². The Kier molecular flexibility index (Phi) is 7.19. The molecule has 1 unspecified atom stereocenters. The topological polar surface area (TPSA) is 49.4 Å². The molecular formula is C20H23BrN2O2. The molecule has 0 bridgehead atoms. The maximum absolute atomic E-state index is 12.8. The van der Waals surface area contributed by atoms with E-state index in [2.05, 4.69) is 21.2 Å². The lowest BCUT2D eigenvalue weighted by Gasteiger charge is -2.28. The van der Waals surface area contributed by atoms with Gasteiger partial charge in [0.1, 0.15) is 6.04 Å². The van der Waals surface area contributed by atoms with Crippen molar-refractivity contribution in [2.75, 3.05) is 7.05 Å². The first kappa shape index (κ1) is 19.2. The average molecular weight is 403 g/mol. The number of aryl methyl sites for hydroxylation is 1. The second-order valence-electron chi connectivity index (χ2n) is 5.92. The highest BCUT2D eigenvalue weighted by Crippen LogP contribution is 2.15. The van der Waals surface area contributed by atoms with Crippen LogP contribution in [0.3, 0.4) is 0 Å². The van der Waals surface area contributed by atoms with Crippen LogP contribution in [0.15, 0.2) is 59.1 Å². The second-order valence-corrected chi connectivity index (χ2v) is 6.84. The molecule has 0 fully saturated rings. The van der Waals surface area contributed by atoms with Crippen molar-refractivity contribution in [1.82, 2.24) is 10.2 Å². The second kappa shape index (κ2) is 9.37. The van der Waals surface area contributed by atoms with Gasteiger partial charge < -0.3 is 10.2 Å². The van der Waals surface area contributed by atoms with E-state index in [0.717, 1.165) is 15.6 Å². The van der Waals surface area contributed by atoms with Gasteiger partial charge in [-0.15, -0.1) is 0 Å². The van der Waals surface area contributed by atoms with Crippen LogP contribution in [0.4, 0.5) is 0 Å². The van der Waals surface area contributed by atoms with Gasteiger partial charge in [0.15, 0.2) is 0 Å². The maximum atomic E-state index is 12.8. The highest BCUT2D eigenvalue weighted by Gasteiger charge is 2.25. The number of likely N-dealkylation sites (N-methyl/N-ethyl adjacent to an activating group) is 1. The van der Waals surface area contributed by atoms with Gasteiger partial charge >= 0.3 is 0 Å². The lowest BCUT2D eigenvalue weighted by Crippen LogP contribution is -2.46. The first-order valence-corrected chi connectivity index (χ1v) is 9.10. The van der Waals surface area contributed by atoms with Crippen LogP contribution in [-0.4, -0.2) is 29.8 Å². The molecule has 0 radical (unpaired) electrons. The van der Waals surface area contributed by atoms with Gasteiger partial charge in [-0.2, -0.15) is 0 Å². The Morgan fingerprint density at radius 3 is 2.28 bits per heavy atom. The summed E-state index contributed by atoms with van der Waals surface area (Å²) in [7, 11) is 1.59. The van der Waals surface area contributed by atoms with E-state index in [1.807, 2.05) is 54.6 Å². The van der Waals surface area contributed by atoms with Crippen LogP contribution in [0, 0.1) is 0 Å². The molecule has 0 saturated heterocycles. The van der Waals surface area contributed by atoms with E-state index in [4.69, 9.17) is 0 Å². The van der Waals surface area contributed by atoms with E-state index in [-0.39, 0.29) is 11.8 Å². The van der Waals surface area contributed by atoms with Crippen LogP contribution in [0.1, 0.15) is 24.5 Å². The van der Waals surface area contributed by atoms with Crippen molar-refractivity contribution in [1.29, 1.82) is 0 Å². The summed E-state index contributed by atoms with van der Waals surface area (Å²) in [6, 6.07) is 17.2. The molecule has 1 atom stereocenters. The standard InChI is InChI=1S/C20H23BrN2O2/c1-15(20(25)22-2)23(14-17-8-11-18(21)12-9-17)19(24)13-10-16-6-4-3-5-7-16/h3-9,11-12,15H,10,13-14H2,1-2H3,(H,22,25). The summed E-state index contributed by atoms with van der Waals surface area (Å²) in [5, 5.41) is 2.63. The van der Waals surface area contributed by atoms with Crippen molar-refractivity contribution >= 4 is 27.7 Å². The summed E-state index contributed by atoms with van der Waals surface area (Å²) in [4.78, 5) is 26.5. The summed E-state index contributed by atoms with van der Waals surface area (Å²) < 4.78 is 0.984. The largest absolute Gasteiger partial charge is 0.357 e. The number of nitrogens with zero attached hydrogens (tertiary/aromatic N) is 1. The van der Waals surface area contributed by atoms with Crippen LogP contribution >= 0.6 is 15.9 Å². The molecule has 5 heteroatoms. The van der Waals surface area contributed by atoms with Crippen molar-refractivity contribution in [3.05, 3.63) is 70.2 Å². The molecule has 2 amide bonds. The highest BCUT2D eigenvalue weighted by molar-refractivity contribution is 9.10. The number of amides is 2. The fourth-order valence-corrected chi connectivity index (χ4v) is 2.88. The van der Waals surface area contributed by atoms with Crippen LogP contribution in [0.5, 0.6) is 0 Å². The monoisotopic (exact) mass is 402 g/mol. The molecule has 0 heterocycles. The molecule has 1 N–H and O–H groups in total. The van der Waals surface area contributed by atoms with Gasteiger partial charge in [-0.05, 0) is 36.6 Å². The molecule has 2 aromatic rings. The predicted molar refractivity (Wildman–Crippen MR) is 103 cm³/mol. The molecule has 25 heavy (non-hydrogen) atoms. The summed E-state index contributed by atoms with van der Waals surface area (Å²) in [6.45, 7) is 2.17. The highest BCUT2D eigenvalue weighted by atomic mass is 79.9. The van der Waals surface area contributed by atoms with Gasteiger partial charge in [-0.25, -0.2) is 0 Å². The van der Waals surface area contributed by atoms with Crippen molar-refractivity contribution in [2.24, 2.45) is 0 Å². The smallest absolute Gasteiger partial charge is 0.242 e. The van der Waals surface area contributed by atoms with Crippen LogP contribution < -0.4 is 5.32 Å². The Balaban J connectivity index is 2.10. The fourth-order valence-electron chi connectivity index (χ4n) is 2.62. The number of rotatable bonds is 7. The molecule has 0 aromatic heterocycles. The Labute approximate surface area is 157 Å². The molecule has 0 spiro atoms. The first-order chi connectivity index (χ1) is 12.0. The van der Waals surface area contributed by atoms with E-state index in [1.54, 1.807) is 18.9 Å². The zero-order valence-corrected chi connectivity index (χ0v) is 16.1. The normalized spacial score (nSPS) is 11.6. The molecule has 2 aromatic carbocycles. The van der Waals surface area contributed by atoms with Crippen molar-refractivity contribution in [2.45, 2.75) is 32.4 Å². The minimum Gasteiger partial charge on any atom is -0.357 e. The SMILES string of the molecule is CNC(=O)C(C)N(Cc1ccc(Br)cc1)C(=O)CCc1ccccc1.